The predicted molar refractivity (Wildman–Crippen MR) is 75.4 cm³/mol. The highest BCUT2D eigenvalue weighted by atomic mass is 16.5. The molecule has 2 N–H and O–H groups in total. The van der Waals surface area contributed by atoms with Crippen molar-refractivity contribution in [3.8, 4) is 5.75 Å². The summed E-state index contributed by atoms with van der Waals surface area (Å²) in [6, 6.07) is 5.76. The molecule has 5 heteroatoms. The normalized spacial score (nSPS) is 16.1. The minimum Gasteiger partial charge on any atom is -0.496 e. The molecule has 0 bridgehead atoms. The van der Waals surface area contributed by atoms with E-state index in [4.69, 9.17) is 4.74 Å². The van der Waals surface area contributed by atoms with Gasteiger partial charge in [-0.2, -0.15) is 0 Å². The third kappa shape index (κ3) is 3.94. The Hall–Kier alpha value is -1.59. The summed E-state index contributed by atoms with van der Waals surface area (Å²) < 4.78 is 5.39. The Morgan fingerprint density at radius 3 is 2.79 bits per heavy atom. The van der Waals surface area contributed by atoms with Crippen LogP contribution in [0.4, 0.5) is 5.69 Å². The second kappa shape index (κ2) is 6.54. The molecular formula is C14H21N3O2. The van der Waals surface area contributed by atoms with E-state index >= 15 is 0 Å². The highest BCUT2D eigenvalue weighted by Gasteiger charge is 2.13. The number of benzene rings is 1. The molecule has 1 aromatic carbocycles. The number of anilines is 1. The van der Waals surface area contributed by atoms with Crippen LogP contribution in [0.5, 0.6) is 5.75 Å². The van der Waals surface area contributed by atoms with E-state index in [-0.39, 0.29) is 5.91 Å². The predicted octanol–water partition coefficient (Wildman–Crippen LogP) is 1.06. The average molecular weight is 263 g/mol. The van der Waals surface area contributed by atoms with Gasteiger partial charge >= 0.3 is 0 Å². The first kappa shape index (κ1) is 13.8. The van der Waals surface area contributed by atoms with E-state index in [0.717, 1.165) is 49.7 Å². The standard InChI is InChI=1S/C14H21N3O2/c1-11(18)16-13-3-4-14(19-2)12(9-13)10-17-7-5-15-6-8-17/h3-4,9,15H,5-8,10H2,1-2H3,(H,16,18). The molecule has 0 radical (unpaired) electrons. The molecule has 1 saturated heterocycles. The van der Waals surface area contributed by atoms with Crippen LogP contribution in [0, 0.1) is 0 Å². The van der Waals surface area contributed by atoms with Gasteiger partial charge in [-0.3, -0.25) is 9.69 Å². The first-order valence-corrected chi connectivity index (χ1v) is 6.56. The lowest BCUT2D eigenvalue weighted by Gasteiger charge is -2.27. The number of nitrogens with one attached hydrogen (secondary N) is 2. The lowest BCUT2D eigenvalue weighted by molar-refractivity contribution is -0.114. The van der Waals surface area contributed by atoms with Crippen LogP contribution in [0.3, 0.4) is 0 Å². The zero-order chi connectivity index (χ0) is 13.7. The zero-order valence-corrected chi connectivity index (χ0v) is 11.5. The van der Waals surface area contributed by atoms with E-state index in [1.54, 1.807) is 7.11 Å². The van der Waals surface area contributed by atoms with E-state index in [1.165, 1.54) is 6.92 Å². The molecule has 19 heavy (non-hydrogen) atoms. The number of piperazine rings is 1. The number of hydrogen-bond donors (Lipinski definition) is 2. The molecule has 1 aliphatic rings. The molecule has 0 aromatic heterocycles. The number of amides is 1. The zero-order valence-electron chi connectivity index (χ0n) is 11.5. The van der Waals surface area contributed by atoms with Crippen molar-refractivity contribution in [2.45, 2.75) is 13.5 Å². The molecular weight excluding hydrogens is 242 g/mol. The fraction of sp³-hybridized carbons (Fsp3) is 0.500. The molecule has 0 unspecified atom stereocenters. The molecule has 1 aliphatic heterocycles. The van der Waals surface area contributed by atoms with Crippen LogP contribution in [-0.2, 0) is 11.3 Å². The molecule has 1 aromatic rings. The van der Waals surface area contributed by atoms with Crippen LogP contribution in [0.1, 0.15) is 12.5 Å². The maximum atomic E-state index is 11.1. The summed E-state index contributed by atoms with van der Waals surface area (Å²) in [7, 11) is 1.68. The Morgan fingerprint density at radius 2 is 2.16 bits per heavy atom. The third-order valence-corrected chi connectivity index (χ3v) is 3.20. The van der Waals surface area contributed by atoms with Gasteiger partial charge in [0.2, 0.25) is 5.91 Å². The largest absolute Gasteiger partial charge is 0.496 e. The Bertz CT molecular complexity index is 442. The van der Waals surface area contributed by atoms with Gasteiger partial charge in [0.05, 0.1) is 7.11 Å². The summed E-state index contributed by atoms with van der Waals surface area (Å²) in [5, 5.41) is 6.15. The second-order valence-electron chi connectivity index (χ2n) is 4.73. The lowest BCUT2D eigenvalue weighted by atomic mass is 10.1. The molecule has 0 atom stereocenters. The fourth-order valence-corrected chi connectivity index (χ4v) is 2.29. The van der Waals surface area contributed by atoms with Crippen molar-refractivity contribution in [1.82, 2.24) is 10.2 Å². The first-order valence-electron chi connectivity index (χ1n) is 6.56. The van der Waals surface area contributed by atoms with E-state index in [1.807, 2.05) is 18.2 Å². The Labute approximate surface area is 113 Å². The summed E-state index contributed by atoms with van der Waals surface area (Å²) in [4.78, 5) is 13.5. The van der Waals surface area contributed by atoms with Gasteiger partial charge in [0.25, 0.3) is 0 Å². The summed E-state index contributed by atoms with van der Waals surface area (Å²) >= 11 is 0. The Morgan fingerprint density at radius 1 is 1.42 bits per heavy atom. The van der Waals surface area contributed by atoms with Crippen molar-refractivity contribution in [2.75, 3.05) is 38.6 Å². The van der Waals surface area contributed by atoms with Crippen molar-refractivity contribution in [3.05, 3.63) is 23.8 Å². The van der Waals surface area contributed by atoms with Crippen molar-refractivity contribution in [3.63, 3.8) is 0 Å². The lowest BCUT2D eigenvalue weighted by Crippen LogP contribution is -2.42. The van der Waals surface area contributed by atoms with Crippen LogP contribution in [-0.4, -0.2) is 44.1 Å². The molecule has 104 valence electrons. The number of methoxy groups -OCH3 is 1. The minimum absolute atomic E-state index is 0.0571. The van der Waals surface area contributed by atoms with Gasteiger partial charge in [-0.05, 0) is 18.2 Å². The van der Waals surface area contributed by atoms with Crippen LogP contribution in [0.15, 0.2) is 18.2 Å². The van der Waals surface area contributed by atoms with E-state index in [9.17, 15) is 4.79 Å². The van der Waals surface area contributed by atoms with Gasteiger partial charge in [-0.15, -0.1) is 0 Å². The van der Waals surface area contributed by atoms with Crippen LogP contribution in [0.25, 0.3) is 0 Å². The number of carbonyl (C=O) groups is 1. The maximum absolute atomic E-state index is 11.1. The highest BCUT2D eigenvalue weighted by Crippen LogP contribution is 2.24. The van der Waals surface area contributed by atoms with Crippen molar-refractivity contribution < 1.29 is 9.53 Å². The van der Waals surface area contributed by atoms with Gasteiger partial charge in [-0.25, -0.2) is 0 Å². The molecule has 1 heterocycles. The van der Waals surface area contributed by atoms with Crippen molar-refractivity contribution in [1.29, 1.82) is 0 Å². The quantitative estimate of drug-likeness (QED) is 0.853. The van der Waals surface area contributed by atoms with Crippen LogP contribution in [0.2, 0.25) is 0 Å². The van der Waals surface area contributed by atoms with Crippen LogP contribution >= 0.6 is 0 Å². The molecule has 5 nitrogen and oxygen atoms in total. The van der Waals surface area contributed by atoms with Gasteiger partial charge in [0.15, 0.2) is 0 Å². The summed E-state index contributed by atoms with van der Waals surface area (Å²) in [5.41, 5.74) is 1.93. The number of hydrogen-bond acceptors (Lipinski definition) is 4. The molecule has 0 saturated carbocycles. The van der Waals surface area contributed by atoms with E-state index in [0.29, 0.717) is 0 Å². The summed E-state index contributed by atoms with van der Waals surface area (Å²) in [5.74, 6) is 0.811. The van der Waals surface area contributed by atoms with Crippen molar-refractivity contribution >= 4 is 11.6 Å². The topological polar surface area (TPSA) is 53.6 Å². The number of nitrogens with zero attached hydrogens (tertiary/aromatic N) is 1. The monoisotopic (exact) mass is 263 g/mol. The minimum atomic E-state index is -0.0571. The third-order valence-electron chi connectivity index (χ3n) is 3.20. The van der Waals surface area contributed by atoms with E-state index in [2.05, 4.69) is 15.5 Å². The Balaban J connectivity index is 2.12. The molecule has 0 aliphatic carbocycles. The van der Waals surface area contributed by atoms with Crippen molar-refractivity contribution in [2.24, 2.45) is 0 Å². The average Bonchev–Trinajstić information content (AvgIpc) is 2.39. The first-order chi connectivity index (χ1) is 9.19. The van der Waals surface area contributed by atoms with Gasteiger partial charge < -0.3 is 15.4 Å². The molecule has 1 amide bonds. The number of ether oxygens (including phenoxy) is 1. The van der Waals surface area contributed by atoms with Gasteiger partial charge in [-0.1, -0.05) is 0 Å². The number of carbonyl (C=O) groups excluding carboxylic acids is 1. The fourth-order valence-electron chi connectivity index (χ4n) is 2.29. The van der Waals surface area contributed by atoms with Crippen LogP contribution < -0.4 is 15.4 Å². The summed E-state index contributed by atoms with van der Waals surface area (Å²) in [6.07, 6.45) is 0. The SMILES string of the molecule is COc1ccc(NC(C)=O)cc1CN1CCNCC1. The molecule has 2 rings (SSSR count). The molecule has 1 fully saturated rings. The smallest absolute Gasteiger partial charge is 0.221 e. The number of rotatable bonds is 4. The second-order valence-corrected chi connectivity index (χ2v) is 4.73. The molecule has 0 spiro atoms. The van der Waals surface area contributed by atoms with Gasteiger partial charge in [0, 0.05) is 50.9 Å². The Kier molecular flexibility index (Phi) is 4.76. The maximum Gasteiger partial charge on any atom is 0.221 e. The van der Waals surface area contributed by atoms with Gasteiger partial charge in [0.1, 0.15) is 5.75 Å². The summed E-state index contributed by atoms with van der Waals surface area (Å²) in [6.45, 7) is 6.47. The van der Waals surface area contributed by atoms with E-state index < -0.39 is 0 Å². The highest BCUT2D eigenvalue weighted by molar-refractivity contribution is 5.88.